The highest BCUT2D eigenvalue weighted by molar-refractivity contribution is 5.96. The van der Waals surface area contributed by atoms with Crippen LogP contribution in [0.2, 0.25) is 0 Å². The second kappa shape index (κ2) is 9.53. The first-order valence-electron chi connectivity index (χ1n) is 9.86. The Balaban J connectivity index is 1.89. The summed E-state index contributed by atoms with van der Waals surface area (Å²) >= 11 is 0. The van der Waals surface area contributed by atoms with Gasteiger partial charge in [0.1, 0.15) is 0 Å². The molecule has 0 spiro atoms. The van der Waals surface area contributed by atoms with Gasteiger partial charge in [-0.05, 0) is 51.0 Å². The molecule has 2 rings (SSSR count). The molecule has 148 valence electrons. The molecule has 1 saturated heterocycles. The Morgan fingerprint density at radius 2 is 1.63 bits per heavy atom. The Hall–Kier alpha value is -2.37. The highest BCUT2D eigenvalue weighted by Crippen LogP contribution is 2.21. The first-order chi connectivity index (χ1) is 12.9. The molecule has 1 aromatic carbocycles. The number of likely N-dealkylation sites (tertiary alicyclic amines) is 1. The van der Waals surface area contributed by atoms with Gasteiger partial charge in [0.2, 0.25) is 11.8 Å². The Morgan fingerprint density at radius 1 is 1.07 bits per heavy atom. The van der Waals surface area contributed by atoms with Crippen LogP contribution in [0.15, 0.2) is 24.3 Å². The summed E-state index contributed by atoms with van der Waals surface area (Å²) in [6.07, 6.45) is 1.37. The molecule has 1 aliphatic heterocycles. The van der Waals surface area contributed by atoms with Crippen LogP contribution >= 0.6 is 0 Å². The average molecular weight is 373 g/mol. The van der Waals surface area contributed by atoms with Crippen LogP contribution in [0.5, 0.6) is 0 Å². The van der Waals surface area contributed by atoms with E-state index in [1.54, 1.807) is 29.2 Å². The maximum absolute atomic E-state index is 12.5. The molecule has 6 nitrogen and oxygen atoms in total. The molecule has 0 aliphatic carbocycles. The summed E-state index contributed by atoms with van der Waals surface area (Å²) < 4.78 is 0. The van der Waals surface area contributed by atoms with Crippen molar-refractivity contribution in [3.63, 3.8) is 0 Å². The van der Waals surface area contributed by atoms with Crippen LogP contribution in [0.3, 0.4) is 0 Å². The smallest absolute Gasteiger partial charge is 0.253 e. The number of anilines is 1. The van der Waals surface area contributed by atoms with Gasteiger partial charge in [-0.3, -0.25) is 14.4 Å². The van der Waals surface area contributed by atoms with Gasteiger partial charge < -0.3 is 15.1 Å². The lowest BCUT2D eigenvalue weighted by Crippen LogP contribution is -2.43. The average Bonchev–Trinajstić information content (AvgIpc) is 2.68. The van der Waals surface area contributed by atoms with Gasteiger partial charge >= 0.3 is 0 Å². The van der Waals surface area contributed by atoms with Crippen molar-refractivity contribution in [2.45, 2.75) is 40.5 Å². The van der Waals surface area contributed by atoms with Crippen molar-refractivity contribution in [3.8, 4) is 0 Å². The lowest BCUT2D eigenvalue weighted by Gasteiger charge is -2.32. The first kappa shape index (κ1) is 20.9. The monoisotopic (exact) mass is 373 g/mol. The molecule has 1 aromatic rings. The molecule has 0 unspecified atom stereocenters. The molecular weight excluding hydrogens is 342 g/mol. The number of carbonyl (C=O) groups is 3. The second-order valence-corrected chi connectivity index (χ2v) is 7.30. The van der Waals surface area contributed by atoms with Crippen molar-refractivity contribution < 1.29 is 14.4 Å². The van der Waals surface area contributed by atoms with Crippen LogP contribution < -0.4 is 5.32 Å². The minimum Gasteiger partial charge on any atom is -0.342 e. The Morgan fingerprint density at radius 3 is 2.11 bits per heavy atom. The third-order valence-corrected chi connectivity index (χ3v) is 5.12. The molecule has 0 saturated carbocycles. The molecule has 1 fully saturated rings. The number of hydrogen-bond donors (Lipinski definition) is 1. The number of rotatable bonds is 6. The van der Waals surface area contributed by atoms with Crippen LogP contribution in [0.25, 0.3) is 0 Å². The molecule has 1 aliphatic rings. The molecule has 1 N–H and O–H groups in total. The summed E-state index contributed by atoms with van der Waals surface area (Å²) in [4.78, 5) is 40.5. The Kier molecular flexibility index (Phi) is 7.39. The van der Waals surface area contributed by atoms with E-state index in [2.05, 4.69) is 5.32 Å². The van der Waals surface area contributed by atoms with Gasteiger partial charge in [-0.1, -0.05) is 13.8 Å². The zero-order valence-electron chi connectivity index (χ0n) is 16.8. The normalized spacial score (nSPS) is 14.9. The van der Waals surface area contributed by atoms with E-state index >= 15 is 0 Å². The Bertz CT molecular complexity index is 658. The van der Waals surface area contributed by atoms with Gasteiger partial charge in [0.25, 0.3) is 5.91 Å². The van der Waals surface area contributed by atoms with Crippen LogP contribution in [0.4, 0.5) is 5.69 Å². The third kappa shape index (κ3) is 5.31. The molecule has 0 aromatic heterocycles. The minimum atomic E-state index is -0.0850. The molecule has 6 heteroatoms. The van der Waals surface area contributed by atoms with Crippen molar-refractivity contribution in [2.75, 3.05) is 31.5 Å². The maximum Gasteiger partial charge on any atom is 0.253 e. The molecule has 1 heterocycles. The molecular formula is C21H31N3O3. The summed E-state index contributed by atoms with van der Waals surface area (Å²) in [7, 11) is 0. The lowest BCUT2D eigenvalue weighted by atomic mass is 9.95. The van der Waals surface area contributed by atoms with E-state index in [0.29, 0.717) is 50.3 Å². The van der Waals surface area contributed by atoms with Crippen LogP contribution in [0.1, 0.15) is 50.9 Å². The van der Waals surface area contributed by atoms with Crippen LogP contribution in [-0.4, -0.2) is 53.7 Å². The number of carbonyl (C=O) groups excluding carboxylic acids is 3. The number of amides is 3. The lowest BCUT2D eigenvalue weighted by molar-refractivity contribution is -0.137. The van der Waals surface area contributed by atoms with Crippen molar-refractivity contribution in [2.24, 2.45) is 11.8 Å². The highest BCUT2D eigenvalue weighted by Gasteiger charge is 2.28. The zero-order valence-corrected chi connectivity index (χ0v) is 16.8. The number of hydrogen-bond acceptors (Lipinski definition) is 3. The SMILES string of the molecule is CCN(CC)C(=O)c1ccc(NC(=O)C2CCN(C(=O)C(C)C)CC2)cc1. The van der Waals surface area contributed by atoms with Crippen molar-refractivity contribution in [3.05, 3.63) is 29.8 Å². The van der Waals surface area contributed by atoms with E-state index in [-0.39, 0.29) is 29.6 Å². The van der Waals surface area contributed by atoms with Gasteiger partial charge in [0.05, 0.1) is 0 Å². The summed E-state index contributed by atoms with van der Waals surface area (Å²) in [6, 6.07) is 7.04. The largest absolute Gasteiger partial charge is 0.342 e. The van der Waals surface area contributed by atoms with E-state index in [1.165, 1.54) is 0 Å². The zero-order chi connectivity index (χ0) is 20.0. The van der Waals surface area contributed by atoms with Gasteiger partial charge in [0.15, 0.2) is 0 Å². The predicted molar refractivity (Wildman–Crippen MR) is 106 cm³/mol. The molecule has 0 radical (unpaired) electrons. The van der Waals surface area contributed by atoms with Crippen molar-refractivity contribution in [1.29, 1.82) is 0 Å². The summed E-state index contributed by atoms with van der Waals surface area (Å²) in [6.45, 7) is 10.3. The number of benzene rings is 1. The van der Waals surface area contributed by atoms with E-state index in [4.69, 9.17) is 0 Å². The summed E-state index contributed by atoms with van der Waals surface area (Å²) in [5.41, 5.74) is 1.31. The summed E-state index contributed by atoms with van der Waals surface area (Å²) in [5.74, 6) is 0.0444. The fourth-order valence-electron chi connectivity index (χ4n) is 3.36. The summed E-state index contributed by atoms with van der Waals surface area (Å²) in [5, 5.41) is 2.93. The third-order valence-electron chi connectivity index (χ3n) is 5.12. The quantitative estimate of drug-likeness (QED) is 0.833. The van der Waals surface area contributed by atoms with Gasteiger partial charge in [-0.15, -0.1) is 0 Å². The number of nitrogens with zero attached hydrogens (tertiary/aromatic N) is 2. The minimum absolute atomic E-state index is 0.0000631. The molecule has 0 bridgehead atoms. The second-order valence-electron chi connectivity index (χ2n) is 7.30. The van der Waals surface area contributed by atoms with Gasteiger partial charge in [-0.2, -0.15) is 0 Å². The van der Waals surface area contributed by atoms with Gasteiger partial charge in [0, 0.05) is 49.3 Å². The maximum atomic E-state index is 12.5. The van der Waals surface area contributed by atoms with E-state index in [0.717, 1.165) is 0 Å². The topological polar surface area (TPSA) is 69.7 Å². The number of piperidine rings is 1. The fraction of sp³-hybridized carbons (Fsp3) is 0.571. The van der Waals surface area contributed by atoms with Crippen molar-refractivity contribution >= 4 is 23.4 Å². The molecule has 27 heavy (non-hydrogen) atoms. The Labute approximate surface area is 161 Å². The predicted octanol–water partition coefficient (Wildman–Crippen LogP) is 3.00. The van der Waals surface area contributed by atoms with E-state index < -0.39 is 0 Å². The first-order valence-corrected chi connectivity index (χ1v) is 9.86. The van der Waals surface area contributed by atoms with Crippen molar-refractivity contribution in [1.82, 2.24) is 9.80 Å². The van der Waals surface area contributed by atoms with Crippen LogP contribution in [-0.2, 0) is 9.59 Å². The fourth-order valence-corrected chi connectivity index (χ4v) is 3.36. The molecule has 3 amide bonds. The molecule has 0 atom stereocenters. The van der Waals surface area contributed by atoms with Crippen LogP contribution in [0, 0.1) is 11.8 Å². The highest BCUT2D eigenvalue weighted by atomic mass is 16.2. The van der Waals surface area contributed by atoms with Gasteiger partial charge in [-0.25, -0.2) is 0 Å². The standard InChI is InChI=1S/C21H31N3O3/c1-5-23(6-2)21(27)17-7-9-18(10-8-17)22-19(25)16-11-13-24(14-12-16)20(26)15(3)4/h7-10,15-16H,5-6,11-14H2,1-4H3,(H,22,25). The van der Waals surface area contributed by atoms with E-state index in [9.17, 15) is 14.4 Å². The number of nitrogens with one attached hydrogen (secondary N) is 1. The van der Waals surface area contributed by atoms with E-state index in [1.807, 2.05) is 32.6 Å².